The highest BCUT2D eigenvalue weighted by molar-refractivity contribution is 6.60. The number of hydrogen-bond donors (Lipinski definition) is 2. The van der Waals surface area contributed by atoms with Gasteiger partial charge < -0.3 is 10.6 Å². The van der Waals surface area contributed by atoms with Crippen molar-refractivity contribution in [1.82, 2.24) is 20.6 Å². The van der Waals surface area contributed by atoms with E-state index < -0.39 is 0 Å². The predicted molar refractivity (Wildman–Crippen MR) is 130 cm³/mol. The fourth-order valence-electron chi connectivity index (χ4n) is 3.92. The normalized spacial score (nSPS) is 12.8. The van der Waals surface area contributed by atoms with Crippen LogP contribution in [0.25, 0.3) is 5.70 Å². The number of hydrogen-bond acceptors (Lipinski definition) is 4. The number of benzene rings is 1. The van der Waals surface area contributed by atoms with E-state index in [-0.39, 0.29) is 6.04 Å². The predicted octanol–water partition coefficient (Wildman–Crippen LogP) is 5.24. The minimum Gasteiger partial charge on any atom is -0.392 e. The Labute approximate surface area is 183 Å². The van der Waals surface area contributed by atoms with Gasteiger partial charge in [0.15, 0.2) is 6.71 Å². The molecule has 0 bridgehead atoms. The summed E-state index contributed by atoms with van der Waals surface area (Å²) in [5.74, 6) is 1.04. The Balaban J connectivity index is 2.20. The van der Waals surface area contributed by atoms with Gasteiger partial charge in [0, 0.05) is 24.0 Å². The molecular weight excluding hydrogens is 367 g/mol. The second kappa shape index (κ2) is 12.2. The van der Waals surface area contributed by atoms with Gasteiger partial charge in [-0.3, -0.25) is 9.97 Å². The summed E-state index contributed by atoms with van der Waals surface area (Å²) in [6.45, 7) is 18.4. The van der Waals surface area contributed by atoms with Gasteiger partial charge in [0.1, 0.15) is 5.69 Å². The summed E-state index contributed by atoms with van der Waals surface area (Å²) in [4.78, 5) is 8.55. The molecular formula is C25H37BN4. The molecule has 0 saturated heterocycles. The van der Waals surface area contributed by atoms with Crippen LogP contribution in [-0.4, -0.2) is 28.7 Å². The van der Waals surface area contributed by atoms with E-state index in [0.29, 0.717) is 18.6 Å². The maximum atomic E-state index is 4.45. The van der Waals surface area contributed by atoms with Crippen molar-refractivity contribution in [2.45, 2.75) is 65.2 Å². The molecule has 4 nitrogen and oxygen atoms in total. The smallest absolute Gasteiger partial charge is 0.166 e. The molecule has 0 spiro atoms. The average molecular weight is 404 g/mol. The zero-order valence-electron chi connectivity index (χ0n) is 19.1. The van der Waals surface area contributed by atoms with Gasteiger partial charge in [0.05, 0.1) is 17.9 Å². The largest absolute Gasteiger partial charge is 0.392 e. The van der Waals surface area contributed by atoms with E-state index in [1.54, 1.807) is 18.6 Å². The molecule has 2 rings (SSSR count). The molecule has 0 radical (unpaired) electrons. The molecule has 1 aromatic carbocycles. The molecule has 2 unspecified atom stereocenters. The summed E-state index contributed by atoms with van der Waals surface area (Å²) in [5, 5.41) is 7.35. The average Bonchev–Trinajstić information content (AvgIpc) is 2.75. The van der Waals surface area contributed by atoms with E-state index in [1.807, 2.05) is 6.07 Å². The topological polar surface area (TPSA) is 49.8 Å². The molecule has 0 fully saturated rings. The standard InChI is InChI=1S/C25H37BN4/c1-7-26(8-2)25(16-19(3)4)30-20(5)23(17-22-12-10-9-11-13-22)29-21(6)24-18-27-14-15-28-24/h9-15,18-19,23,25,29-30H,5-8,16-17H2,1-4H3. The van der Waals surface area contributed by atoms with Gasteiger partial charge in [-0.2, -0.15) is 0 Å². The first-order valence-electron chi connectivity index (χ1n) is 11.2. The molecule has 0 amide bonds. The SMILES string of the molecule is C=C(NC(Cc1ccccc1)C(=C)NC(CC(C)C)B(CC)CC)c1cnccn1. The Hall–Kier alpha value is -2.56. The zero-order chi connectivity index (χ0) is 21.9. The van der Waals surface area contributed by atoms with Crippen LogP contribution in [0.2, 0.25) is 12.6 Å². The summed E-state index contributed by atoms with van der Waals surface area (Å²) in [7, 11) is 0. The van der Waals surface area contributed by atoms with Gasteiger partial charge in [-0.05, 0) is 24.3 Å². The molecule has 1 aromatic heterocycles. The van der Waals surface area contributed by atoms with Crippen molar-refractivity contribution in [2.24, 2.45) is 5.92 Å². The Kier molecular flexibility index (Phi) is 9.66. The van der Waals surface area contributed by atoms with Crippen molar-refractivity contribution in [1.29, 1.82) is 0 Å². The number of aromatic nitrogens is 2. The highest BCUT2D eigenvalue weighted by Crippen LogP contribution is 2.18. The molecule has 30 heavy (non-hydrogen) atoms. The first kappa shape index (κ1) is 23.7. The third-order valence-electron chi connectivity index (χ3n) is 5.64. The number of nitrogens with one attached hydrogen (secondary N) is 2. The van der Waals surface area contributed by atoms with Crippen LogP contribution in [0, 0.1) is 5.92 Å². The second-order valence-electron chi connectivity index (χ2n) is 8.44. The van der Waals surface area contributed by atoms with E-state index in [1.165, 1.54) is 5.56 Å². The highest BCUT2D eigenvalue weighted by Gasteiger charge is 2.25. The van der Waals surface area contributed by atoms with Crippen LogP contribution in [0.1, 0.15) is 45.4 Å². The molecule has 0 aliphatic heterocycles. The molecule has 2 aromatic rings. The van der Waals surface area contributed by atoms with Crippen molar-refractivity contribution < 1.29 is 0 Å². The lowest BCUT2D eigenvalue weighted by Gasteiger charge is -2.32. The number of rotatable bonds is 13. The summed E-state index contributed by atoms with van der Waals surface area (Å²) < 4.78 is 0. The second-order valence-corrected chi connectivity index (χ2v) is 8.44. The van der Waals surface area contributed by atoms with E-state index in [4.69, 9.17) is 0 Å². The van der Waals surface area contributed by atoms with Crippen LogP contribution >= 0.6 is 0 Å². The molecule has 1 heterocycles. The van der Waals surface area contributed by atoms with E-state index in [2.05, 4.69) is 85.7 Å². The van der Waals surface area contributed by atoms with E-state index in [9.17, 15) is 0 Å². The van der Waals surface area contributed by atoms with Gasteiger partial charge >= 0.3 is 0 Å². The summed E-state index contributed by atoms with van der Waals surface area (Å²) in [5.41, 5.74) is 3.77. The van der Waals surface area contributed by atoms with Gasteiger partial charge in [0.2, 0.25) is 0 Å². The van der Waals surface area contributed by atoms with E-state index >= 15 is 0 Å². The van der Waals surface area contributed by atoms with Crippen LogP contribution in [0.3, 0.4) is 0 Å². The minimum atomic E-state index is 0.00549. The third kappa shape index (κ3) is 7.36. The van der Waals surface area contributed by atoms with Crippen LogP contribution < -0.4 is 10.6 Å². The first-order chi connectivity index (χ1) is 14.4. The Morgan fingerprint density at radius 1 is 1.03 bits per heavy atom. The molecule has 5 heteroatoms. The molecule has 2 atom stereocenters. The monoisotopic (exact) mass is 404 g/mol. The van der Waals surface area contributed by atoms with Crippen molar-refractivity contribution in [3.8, 4) is 0 Å². The van der Waals surface area contributed by atoms with Gasteiger partial charge in [0.25, 0.3) is 0 Å². The fraction of sp³-hybridized carbons (Fsp3) is 0.440. The van der Waals surface area contributed by atoms with Gasteiger partial charge in [-0.15, -0.1) is 0 Å². The van der Waals surface area contributed by atoms with Gasteiger partial charge in [-0.1, -0.05) is 83.8 Å². The van der Waals surface area contributed by atoms with Crippen LogP contribution in [0.4, 0.5) is 0 Å². The van der Waals surface area contributed by atoms with Crippen molar-refractivity contribution in [3.05, 3.63) is 79.0 Å². The molecule has 160 valence electrons. The maximum Gasteiger partial charge on any atom is 0.166 e. The Bertz CT molecular complexity index is 772. The van der Waals surface area contributed by atoms with Crippen LogP contribution in [0.5, 0.6) is 0 Å². The van der Waals surface area contributed by atoms with Crippen molar-refractivity contribution in [3.63, 3.8) is 0 Å². The van der Waals surface area contributed by atoms with Gasteiger partial charge in [-0.25, -0.2) is 0 Å². The summed E-state index contributed by atoms with van der Waals surface area (Å²) in [6.07, 6.45) is 9.38. The van der Waals surface area contributed by atoms with Crippen LogP contribution in [-0.2, 0) is 6.42 Å². The summed E-state index contributed by atoms with van der Waals surface area (Å²) >= 11 is 0. The maximum absolute atomic E-state index is 4.45. The summed E-state index contributed by atoms with van der Waals surface area (Å²) in [6, 6.07) is 10.5. The fourth-order valence-corrected chi connectivity index (χ4v) is 3.92. The lowest BCUT2D eigenvalue weighted by atomic mass is 9.39. The first-order valence-corrected chi connectivity index (χ1v) is 11.2. The molecule has 2 N–H and O–H groups in total. The van der Waals surface area contributed by atoms with Crippen molar-refractivity contribution >= 4 is 12.4 Å². The minimum absolute atomic E-state index is 0.00549. The highest BCUT2D eigenvalue weighted by atomic mass is 15.0. The quantitative estimate of drug-likeness (QED) is 0.448. The van der Waals surface area contributed by atoms with Crippen molar-refractivity contribution in [2.75, 3.05) is 0 Å². The number of nitrogens with zero attached hydrogens (tertiary/aromatic N) is 2. The lowest BCUT2D eigenvalue weighted by Crippen LogP contribution is -2.47. The zero-order valence-corrected chi connectivity index (χ0v) is 19.1. The molecule has 0 aliphatic rings. The van der Waals surface area contributed by atoms with Crippen LogP contribution in [0.15, 0.2) is 67.8 Å². The molecule has 0 saturated carbocycles. The Morgan fingerprint density at radius 3 is 2.30 bits per heavy atom. The third-order valence-corrected chi connectivity index (χ3v) is 5.64. The van der Waals surface area contributed by atoms with E-state index in [0.717, 1.165) is 42.6 Å². The lowest BCUT2D eigenvalue weighted by molar-refractivity contribution is 0.499. The Morgan fingerprint density at radius 2 is 1.73 bits per heavy atom. The molecule has 0 aliphatic carbocycles.